The number of nitrogens with one attached hydrogen (secondary N) is 1. The number of likely N-dealkylation sites (N-methyl/N-ethyl adjacent to an activating group) is 1. The summed E-state index contributed by atoms with van der Waals surface area (Å²) in [7, 11) is 4.21. The van der Waals surface area contributed by atoms with Gasteiger partial charge in [-0.1, -0.05) is 24.3 Å². The van der Waals surface area contributed by atoms with E-state index in [0.717, 1.165) is 32.5 Å². The van der Waals surface area contributed by atoms with Crippen LogP contribution in [-0.2, 0) is 17.8 Å². The van der Waals surface area contributed by atoms with Crippen LogP contribution < -0.4 is 5.32 Å². The van der Waals surface area contributed by atoms with Crippen molar-refractivity contribution in [1.29, 1.82) is 0 Å². The molecule has 2 unspecified atom stereocenters. The SMILES string of the molecule is CN(C)C1CCCN(C(=O)C2Cc3ccccc3CN2)C1.Cl.Cl. The first-order valence-electron chi connectivity index (χ1n) is 7.90. The highest BCUT2D eigenvalue weighted by Gasteiger charge is 2.31. The fraction of sp³-hybridized carbons (Fsp3) is 0.588. The minimum atomic E-state index is -0.0548. The average Bonchev–Trinajstić information content (AvgIpc) is 2.53. The number of hydrogen-bond donors (Lipinski definition) is 1. The highest BCUT2D eigenvalue weighted by molar-refractivity contribution is 5.85. The number of likely N-dealkylation sites (tertiary alicyclic amines) is 1. The van der Waals surface area contributed by atoms with Gasteiger partial charge in [-0.15, -0.1) is 24.8 Å². The van der Waals surface area contributed by atoms with Gasteiger partial charge in [-0.2, -0.15) is 0 Å². The van der Waals surface area contributed by atoms with Crippen LogP contribution in [0.4, 0.5) is 0 Å². The van der Waals surface area contributed by atoms with Gasteiger partial charge < -0.3 is 15.1 Å². The molecule has 1 fully saturated rings. The summed E-state index contributed by atoms with van der Waals surface area (Å²) in [5.74, 6) is 0.274. The van der Waals surface area contributed by atoms with Crippen LogP contribution in [0.2, 0.25) is 0 Å². The topological polar surface area (TPSA) is 35.6 Å². The van der Waals surface area contributed by atoms with Gasteiger partial charge in [0.15, 0.2) is 0 Å². The van der Waals surface area contributed by atoms with Crippen LogP contribution in [0.25, 0.3) is 0 Å². The standard InChI is InChI=1S/C17H25N3O.2ClH/c1-19(2)15-8-5-9-20(12-15)17(21)16-10-13-6-3-4-7-14(13)11-18-16;;/h3-4,6-7,15-16,18H,5,8-12H2,1-2H3;2*1H. The van der Waals surface area contributed by atoms with Crippen molar-refractivity contribution >= 4 is 30.7 Å². The van der Waals surface area contributed by atoms with Crippen LogP contribution >= 0.6 is 24.8 Å². The smallest absolute Gasteiger partial charge is 0.240 e. The molecule has 1 aromatic carbocycles. The molecule has 1 N–H and O–H groups in total. The molecule has 0 saturated carbocycles. The van der Waals surface area contributed by atoms with Gasteiger partial charge in [-0.05, 0) is 44.5 Å². The molecule has 2 aliphatic rings. The molecule has 23 heavy (non-hydrogen) atoms. The van der Waals surface area contributed by atoms with E-state index in [1.54, 1.807) is 0 Å². The van der Waals surface area contributed by atoms with Gasteiger partial charge in [-0.3, -0.25) is 4.79 Å². The highest BCUT2D eigenvalue weighted by atomic mass is 35.5. The lowest BCUT2D eigenvalue weighted by atomic mass is 9.94. The van der Waals surface area contributed by atoms with Crippen LogP contribution in [0, 0.1) is 0 Å². The van der Waals surface area contributed by atoms with Crippen molar-refractivity contribution in [1.82, 2.24) is 15.1 Å². The summed E-state index contributed by atoms with van der Waals surface area (Å²) >= 11 is 0. The highest BCUT2D eigenvalue weighted by Crippen LogP contribution is 2.20. The fourth-order valence-corrected chi connectivity index (χ4v) is 3.43. The fourth-order valence-electron chi connectivity index (χ4n) is 3.43. The molecule has 4 nitrogen and oxygen atoms in total. The van der Waals surface area contributed by atoms with Crippen molar-refractivity contribution in [3.8, 4) is 0 Å². The number of fused-ring (bicyclic) bond motifs is 1. The molecular formula is C17H27Cl2N3O. The first kappa shape index (κ1) is 20.2. The van der Waals surface area contributed by atoms with E-state index in [-0.39, 0.29) is 36.8 Å². The van der Waals surface area contributed by atoms with E-state index in [9.17, 15) is 4.79 Å². The molecule has 0 bridgehead atoms. The zero-order valence-corrected chi connectivity index (χ0v) is 15.5. The second kappa shape index (κ2) is 8.88. The normalized spacial score (nSPS) is 23.5. The average molecular weight is 360 g/mol. The summed E-state index contributed by atoms with van der Waals surface area (Å²) in [6.07, 6.45) is 3.12. The monoisotopic (exact) mass is 359 g/mol. The second-order valence-electron chi connectivity index (χ2n) is 6.45. The number of halogens is 2. The first-order valence-corrected chi connectivity index (χ1v) is 7.90. The van der Waals surface area contributed by atoms with E-state index in [1.807, 2.05) is 0 Å². The largest absolute Gasteiger partial charge is 0.340 e. The van der Waals surface area contributed by atoms with Crippen molar-refractivity contribution in [3.63, 3.8) is 0 Å². The molecule has 0 radical (unpaired) electrons. The number of nitrogens with zero attached hydrogens (tertiary/aromatic N) is 2. The van der Waals surface area contributed by atoms with E-state index < -0.39 is 0 Å². The van der Waals surface area contributed by atoms with E-state index >= 15 is 0 Å². The zero-order valence-electron chi connectivity index (χ0n) is 13.8. The third kappa shape index (κ3) is 4.60. The number of benzene rings is 1. The van der Waals surface area contributed by atoms with Crippen molar-refractivity contribution in [2.75, 3.05) is 27.2 Å². The van der Waals surface area contributed by atoms with Crippen LogP contribution in [0.15, 0.2) is 24.3 Å². The summed E-state index contributed by atoms with van der Waals surface area (Å²) in [5, 5.41) is 3.41. The molecule has 1 aromatic rings. The Balaban J connectivity index is 0.00000132. The van der Waals surface area contributed by atoms with Gasteiger partial charge in [0.2, 0.25) is 5.91 Å². The van der Waals surface area contributed by atoms with Gasteiger partial charge in [0, 0.05) is 25.7 Å². The summed E-state index contributed by atoms with van der Waals surface area (Å²) in [5.41, 5.74) is 2.64. The third-order valence-corrected chi connectivity index (χ3v) is 4.82. The van der Waals surface area contributed by atoms with Gasteiger partial charge in [0.05, 0.1) is 6.04 Å². The number of rotatable bonds is 2. The summed E-state index contributed by atoms with van der Waals surface area (Å²) in [6.45, 7) is 2.58. The minimum absolute atomic E-state index is 0. The maximum atomic E-state index is 12.8. The summed E-state index contributed by atoms with van der Waals surface area (Å²) in [6, 6.07) is 8.87. The molecule has 2 atom stereocenters. The predicted molar refractivity (Wildman–Crippen MR) is 98.6 cm³/mol. The number of piperidine rings is 1. The Morgan fingerprint density at radius 3 is 2.61 bits per heavy atom. The molecule has 1 amide bonds. The minimum Gasteiger partial charge on any atom is -0.340 e. The Kier molecular flexibility index (Phi) is 7.81. The van der Waals surface area contributed by atoms with Crippen molar-refractivity contribution in [3.05, 3.63) is 35.4 Å². The molecular weight excluding hydrogens is 333 g/mol. The van der Waals surface area contributed by atoms with Gasteiger partial charge in [0.1, 0.15) is 0 Å². The van der Waals surface area contributed by atoms with Crippen LogP contribution in [0.3, 0.4) is 0 Å². The Hall–Kier alpha value is -0.810. The van der Waals surface area contributed by atoms with Crippen molar-refractivity contribution < 1.29 is 4.79 Å². The predicted octanol–water partition coefficient (Wildman–Crippen LogP) is 2.10. The van der Waals surface area contributed by atoms with E-state index in [2.05, 4.69) is 53.5 Å². The third-order valence-electron chi connectivity index (χ3n) is 4.82. The zero-order chi connectivity index (χ0) is 14.8. The van der Waals surface area contributed by atoms with Crippen molar-refractivity contribution in [2.24, 2.45) is 0 Å². The van der Waals surface area contributed by atoms with Gasteiger partial charge in [0.25, 0.3) is 0 Å². The lowest BCUT2D eigenvalue weighted by molar-refractivity contribution is -0.135. The van der Waals surface area contributed by atoms with Crippen molar-refractivity contribution in [2.45, 2.75) is 37.9 Å². The number of hydrogen-bond acceptors (Lipinski definition) is 3. The Labute approximate surface area is 151 Å². The molecule has 130 valence electrons. The molecule has 2 aliphatic heterocycles. The molecule has 2 heterocycles. The maximum absolute atomic E-state index is 12.8. The molecule has 3 rings (SSSR count). The van der Waals surface area contributed by atoms with Crippen LogP contribution in [0.1, 0.15) is 24.0 Å². The number of carbonyl (C=O) groups is 1. The second-order valence-corrected chi connectivity index (χ2v) is 6.45. The lowest BCUT2D eigenvalue weighted by Crippen LogP contribution is -2.54. The quantitative estimate of drug-likeness (QED) is 0.878. The molecule has 0 aromatic heterocycles. The van der Waals surface area contributed by atoms with E-state index in [1.165, 1.54) is 17.5 Å². The van der Waals surface area contributed by atoms with Crippen LogP contribution in [-0.4, -0.2) is 55.0 Å². The summed E-state index contributed by atoms with van der Waals surface area (Å²) < 4.78 is 0. The van der Waals surface area contributed by atoms with Gasteiger partial charge in [-0.25, -0.2) is 0 Å². The molecule has 0 aliphatic carbocycles. The Bertz CT molecular complexity index is 524. The van der Waals surface area contributed by atoms with E-state index in [0.29, 0.717) is 6.04 Å². The number of amides is 1. The molecule has 1 saturated heterocycles. The Morgan fingerprint density at radius 1 is 1.22 bits per heavy atom. The molecule has 0 spiro atoms. The van der Waals surface area contributed by atoms with E-state index in [4.69, 9.17) is 0 Å². The summed E-state index contributed by atoms with van der Waals surface area (Å²) in [4.78, 5) is 17.1. The van der Waals surface area contributed by atoms with Gasteiger partial charge >= 0.3 is 0 Å². The van der Waals surface area contributed by atoms with Crippen LogP contribution in [0.5, 0.6) is 0 Å². The number of carbonyl (C=O) groups excluding carboxylic acids is 1. The molecule has 6 heteroatoms. The Morgan fingerprint density at radius 2 is 1.91 bits per heavy atom. The lowest BCUT2D eigenvalue weighted by Gasteiger charge is -2.38. The maximum Gasteiger partial charge on any atom is 0.240 e. The first-order chi connectivity index (χ1) is 10.1.